The minimum absolute atomic E-state index is 0.0557. The van der Waals surface area contributed by atoms with Gasteiger partial charge in [-0.1, -0.05) is 20.8 Å². The van der Waals surface area contributed by atoms with E-state index in [0.29, 0.717) is 30.8 Å². The van der Waals surface area contributed by atoms with Crippen LogP contribution in [0.15, 0.2) is 10.6 Å². The summed E-state index contributed by atoms with van der Waals surface area (Å²) in [7, 11) is 0. The van der Waals surface area contributed by atoms with Crippen molar-refractivity contribution < 1.29 is 18.8 Å². The Kier molecular flexibility index (Phi) is 4.68. The number of ether oxygens (including phenoxy) is 2. The summed E-state index contributed by atoms with van der Waals surface area (Å²) in [6.07, 6.45) is -0.360. The van der Waals surface area contributed by atoms with Crippen LogP contribution in [0.25, 0.3) is 0 Å². The Morgan fingerprint density at radius 3 is 2.55 bits per heavy atom. The van der Waals surface area contributed by atoms with Gasteiger partial charge in [0, 0.05) is 12.0 Å². The third-order valence-corrected chi connectivity index (χ3v) is 3.74. The predicted molar refractivity (Wildman–Crippen MR) is 82.0 cm³/mol. The third-order valence-electron chi connectivity index (χ3n) is 3.74. The second-order valence-corrected chi connectivity index (χ2v) is 7.23. The molecule has 124 valence electrons. The lowest BCUT2D eigenvalue weighted by molar-refractivity contribution is -0.0238. The summed E-state index contributed by atoms with van der Waals surface area (Å²) in [6, 6.07) is 1.83. The largest absolute Gasteiger partial charge is 0.468 e. The number of carbonyl (C=O) groups excluding carboxylic acids is 1. The number of amides is 1. The Morgan fingerprint density at radius 2 is 2.00 bits per heavy atom. The molecule has 0 bridgehead atoms. The molecule has 0 spiro atoms. The van der Waals surface area contributed by atoms with Gasteiger partial charge >= 0.3 is 6.09 Å². The van der Waals surface area contributed by atoms with E-state index < -0.39 is 5.60 Å². The molecule has 1 unspecified atom stereocenters. The maximum atomic E-state index is 11.8. The first-order chi connectivity index (χ1) is 10.2. The van der Waals surface area contributed by atoms with Crippen molar-refractivity contribution in [2.45, 2.75) is 59.2 Å². The molecule has 1 amide bonds. The highest BCUT2D eigenvalue weighted by Gasteiger charge is 2.35. The first-order valence-electron chi connectivity index (χ1n) is 7.77. The Bertz CT molecular complexity index is 512. The van der Waals surface area contributed by atoms with Gasteiger partial charge in [-0.05, 0) is 31.8 Å². The molecule has 2 heterocycles. The average molecular weight is 310 g/mol. The molecule has 22 heavy (non-hydrogen) atoms. The number of likely N-dealkylation sites (tertiary alicyclic amines) is 1. The molecule has 0 aliphatic carbocycles. The Morgan fingerprint density at radius 1 is 1.36 bits per heavy atom. The molecule has 0 saturated carbocycles. The molecule has 6 heteroatoms. The van der Waals surface area contributed by atoms with E-state index in [1.807, 2.05) is 26.8 Å². The van der Waals surface area contributed by atoms with Crippen LogP contribution in [-0.4, -0.2) is 40.9 Å². The van der Waals surface area contributed by atoms with Crippen molar-refractivity contribution in [2.75, 3.05) is 13.1 Å². The number of rotatable bonds is 4. The van der Waals surface area contributed by atoms with Gasteiger partial charge in [0.25, 0.3) is 5.88 Å². The summed E-state index contributed by atoms with van der Waals surface area (Å²) in [5.74, 6) is 2.08. The highest BCUT2D eigenvalue weighted by Crippen LogP contribution is 2.27. The van der Waals surface area contributed by atoms with Crippen molar-refractivity contribution in [3.05, 3.63) is 11.8 Å². The first kappa shape index (κ1) is 16.6. The van der Waals surface area contributed by atoms with Crippen LogP contribution >= 0.6 is 0 Å². The van der Waals surface area contributed by atoms with Crippen molar-refractivity contribution >= 4 is 6.09 Å². The molecule has 1 aromatic heterocycles. The average Bonchev–Trinajstić information content (AvgIpc) is 2.78. The van der Waals surface area contributed by atoms with E-state index in [0.717, 1.165) is 5.76 Å². The number of carbonyl (C=O) groups is 1. The third kappa shape index (κ3) is 4.15. The zero-order chi connectivity index (χ0) is 16.5. The minimum atomic E-state index is -0.475. The summed E-state index contributed by atoms with van der Waals surface area (Å²) >= 11 is 0. The van der Waals surface area contributed by atoms with Crippen LogP contribution in [0.2, 0.25) is 0 Å². The second-order valence-electron chi connectivity index (χ2n) is 7.23. The van der Waals surface area contributed by atoms with Crippen LogP contribution < -0.4 is 4.74 Å². The zero-order valence-electron chi connectivity index (χ0n) is 14.3. The van der Waals surface area contributed by atoms with Gasteiger partial charge in [-0.3, -0.25) is 0 Å². The quantitative estimate of drug-likeness (QED) is 0.852. The van der Waals surface area contributed by atoms with E-state index in [9.17, 15) is 4.79 Å². The number of hydrogen-bond acceptors (Lipinski definition) is 5. The topological polar surface area (TPSA) is 64.8 Å². The molecule has 1 aromatic rings. The molecule has 1 saturated heterocycles. The molecule has 0 aromatic carbocycles. The van der Waals surface area contributed by atoms with Gasteiger partial charge in [0.05, 0.1) is 13.1 Å². The summed E-state index contributed by atoms with van der Waals surface area (Å²) in [4.78, 5) is 13.4. The molecule has 0 N–H and O–H groups in total. The normalized spacial score (nSPS) is 17.3. The fraction of sp³-hybridized carbons (Fsp3) is 0.750. The highest BCUT2D eigenvalue weighted by molar-refractivity contribution is 5.69. The Labute approximate surface area is 131 Å². The van der Waals surface area contributed by atoms with Crippen LogP contribution in [0.5, 0.6) is 5.88 Å². The van der Waals surface area contributed by atoms with Crippen molar-refractivity contribution in [1.29, 1.82) is 0 Å². The van der Waals surface area contributed by atoms with E-state index in [1.165, 1.54) is 0 Å². The first-order valence-corrected chi connectivity index (χ1v) is 7.77. The van der Waals surface area contributed by atoms with E-state index >= 15 is 0 Å². The molecule has 1 aliphatic heterocycles. The summed E-state index contributed by atoms with van der Waals surface area (Å²) in [5, 5.41) is 3.94. The fourth-order valence-corrected chi connectivity index (χ4v) is 2.03. The van der Waals surface area contributed by atoms with Crippen LogP contribution in [0.3, 0.4) is 0 Å². The summed E-state index contributed by atoms with van der Waals surface area (Å²) in [5.41, 5.74) is -0.475. The lowest BCUT2D eigenvalue weighted by Crippen LogP contribution is -2.57. The van der Waals surface area contributed by atoms with Crippen molar-refractivity contribution in [3.63, 3.8) is 0 Å². The molecule has 0 radical (unpaired) electrons. The molecule has 2 rings (SSSR count). The monoisotopic (exact) mass is 310 g/mol. The van der Waals surface area contributed by atoms with Gasteiger partial charge in [0.2, 0.25) is 0 Å². The molecule has 1 aliphatic rings. The Balaban J connectivity index is 1.80. The maximum absolute atomic E-state index is 11.8. The van der Waals surface area contributed by atoms with Crippen LogP contribution in [0, 0.1) is 5.92 Å². The van der Waals surface area contributed by atoms with Crippen molar-refractivity contribution in [1.82, 2.24) is 10.1 Å². The number of hydrogen-bond donors (Lipinski definition) is 0. The second kappa shape index (κ2) is 6.18. The smallest absolute Gasteiger partial charge is 0.410 e. The lowest BCUT2D eigenvalue weighted by atomic mass is 9.96. The molecule has 1 fully saturated rings. The SMILES string of the molecule is CC(C)C(C)c1cc(OC2CN(C(=O)OC(C)(C)C)C2)no1. The van der Waals surface area contributed by atoms with Gasteiger partial charge in [-0.15, -0.1) is 0 Å². The van der Waals surface area contributed by atoms with Crippen LogP contribution in [0.1, 0.15) is 53.2 Å². The standard InChI is InChI=1S/C16H26N2O4/c1-10(2)11(3)13-7-14(17-22-13)20-12-8-18(9-12)15(19)21-16(4,5)6/h7,10-12H,8-9H2,1-6H3. The van der Waals surface area contributed by atoms with Gasteiger partial charge in [-0.2, -0.15) is 0 Å². The van der Waals surface area contributed by atoms with Crippen molar-refractivity contribution in [2.24, 2.45) is 5.92 Å². The van der Waals surface area contributed by atoms with Gasteiger partial charge in [0.1, 0.15) is 17.5 Å². The van der Waals surface area contributed by atoms with Crippen molar-refractivity contribution in [3.8, 4) is 5.88 Å². The zero-order valence-corrected chi connectivity index (χ0v) is 14.3. The summed E-state index contributed by atoms with van der Waals surface area (Å²) in [6.45, 7) is 13.0. The number of aromatic nitrogens is 1. The number of nitrogens with zero attached hydrogens (tertiary/aromatic N) is 2. The predicted octanol–water partition coefficient (Wildman–Crippen LogP) is 3.43. The maximum Gasteiger partial charge on any atom is 0.410 e. The summed E-state index contributed by atoms with van der Waals surface area (Å²) < 4.78 is 16.3. The van der Waals surface area contributed by atoms with E-state index in [4.69, 9.17) is 14.0 Å². The lowest BCUT2D eigenvalue weighted by Gasteiger charge is -2.38. The Hall–Kier alpha value is -1.72. The highest BCUT2D eigenvalue weighted by atomic mass is 16.6. The molecule has 1 atom stereocenters. The van der Waals surface area contributed by atoms with Gasteiger partial charge in [-0.25, -0.2) is 4.79 Å². The van der Waals surface area contributed by atoms with Gasteiger partial charge < -0.3 is 18.9 Å². The van der Waals surface area contributed by atoms with Crippen LogP contribution in [0.4, 0.5) is 4.79 Å². The van der Waals surface area contributed by atoms with Gasteiger partial charge in [0.15, 0.2) is 0 Å². The van der Waals surface area contributed by atoms with E-state index in [1.54, 1.807) is 4.90 Å². The van der Waals surface area contributed by atoms with E-state index in [2.05, 4.69) is 25.9 Å². The molecular weight excluding hydrogens is 284 g/mol. The molecular formula is C16H26N2O4. The fourth-order valence-electron chi connectivity index (χ4n) is 2.03. The minimum Gasteiger partial charge on any atom is -0.468 e. The van der Waals surface area contributed by atoms with Crippen LogP contribution in [-0.2, 0) is 4.74 Å². The molecule has 6 nitrogen and oxygen atoms in total. The van der Waals surface area contributed by atoms with E-state index in [-0.39, 0.29) is 12.2 Å².